The first-order chi connectivity index (χ1) is 8.88. The van der Waals surface area contributed by atoms with Gasteiger partial charge in [-0.2, -0.15) is 0 Å². The third kappa shape index (κ3) is 2.05. The van der Waals surface area contributed by atoms with Gasteiger partial charge in [0.05, 0.1) is 11.5 Å². The number of hydrogen-bond acceptors (Lipinski definition) is 4. The van der Waals surface area contributed by atoms with Gasteiger partial charge in [-0.1, -0.05) is 36.4 Å². The van der Waals surface area contributed by atoms with Crippen LogP contribution in [0.15, 0.2) is 52.8 Å². The molecule has 1 N–H and O–H groups in total. The van der Waals surface area contributed by atoms with Gasteiger partial charge in [-0.25, -0.2) is 4.99 Å². The molecule has 0 saturated carbocycles. The molecule has 1 aliphatic rings. The lowest BCUT2D eigenvalue weighted by atomic mass is 10.0. The molecule has 2 atom stereocenters. The van der Waals surface area contributed by atoms with E-state index in [1.54, 1.807) is 11.3 Å². The van der Waals surface area contributed by atoms with Crippen LogP contribution in [0.4, 0.5) is 0 Å². The van der Waals surface area contributed by atoms with Crippen LogP contribution in [0.25, 0.3) is 0 Å². The SMILES string of the molecule is OC[C@H]1N=C(c2cccs2)OC1c1ccccc1. The minimum absolute atomic E-state index is 0.00552. The molecule has 3 rings (SSSR count). The molecule has 0 aliphatic carbocycles. The highest BCUT2D eigenvalue weighted by Gasteiger charge is 2.32. The number of rotatable bonds is 3. The van der Waals surface area contributed by atoms with Gasteiger partial charge in [-0.3, -0.25) is 0 Å². The van der Waals surface area contributed by atoms with Gasteiger partial charge in [0.25, 0.3) is 0 Å². The van der Waals surface area contributed by atoms with E-state index >= 15 is 0 Å². The molecular formula is C14H13NO2S. The molecular weight excluding hydrogens is 246 g/mol. The van der Waals surface area contributed by atoms with Gasteiger partial charge in [-0.15, -0.1) is 11.3 Å². The van der Waals surface area contributed by atoms with E-state index in [2.05, 4.69) is 4.99 Å². The maximum absolute atomic E-state index is 9.43. The van der Waals surface area contributed by atoms with Gasteiger partial charge in [-0.05, 0) is 17.0 Å². The Morgan fingerprint density at radius 2 is 2.00 bits per heavy atom. The zero-order valence-electron chi connectivity index (χ0n) is 9.69. The lowest BCUT2D eigenvalue weighted by Crippen LogP contribution is -2.17. The molecule has 3 nitrogen and oxygen atoms in total. The van der Waals surface area contributed by atoms with Crippen molar-refractivity contribution in [1.29, 1.82) is 0 Å². The molecule has 0 amide bonds. The van der Waals surface area contributed by atoms with E-state index < -0.39 is 0 Å². The molecule has 2 heterocycles. The topological polar surface area (TPSA) is 41.8 Å². The molecule has 0 bridgehead atoms. The highest BCUT2D eigenvalue weighted by molar-refractivity contribution is 7.12. The summed E-state index contributed by atoms with van der Waals surface area (Å²) in [6.07, 6.45) is -0.187. The predicted molar refractivity (Wildman–Crippen MR) is 72.0 cm³/mol. The van der Waals surface area contributed by atoms with Crippen LogP contribution >= 0.6 is 11.3 Å². The van der Waals surface area contributed by atoms with Crippen molar-refractivity contribution in [2.75, 3.05) is 6.61 Å². The average molecular weight is 259 g/mol. The third-order valence-electron chi connectivity index (χ3n) is 2.92. The minimum atomic E-state index is -0.218. The quantitative estimate of drug-likeness (QED) is 0.920. The van der Waals surface area contributed by atoms with Crippen LogP contribution in [0.2, 0.25) is 0 Å². The van der Waals surface area contributed by atoms with Crippen LogP contribution < -0.4 is 0 Å². The molecule has 1 aliphatic heterocycles. The molecule has 1 aromatic carbocycles. The van der Waals surface area contributed by atoms with Crippen molar-refractivity contribution in [1.82, 2.24) is 0 Å². The van der Waals surface area contributed by atoms with Crippen molar-refractivity contribution >= 4 is 17.2 Å². The first-order valence-electron chi connectivity index (χ1n) is 5.82. The zero-order valence-corrected chi connectivity index (χ0v) is 10.5. The smallest absolute Gasteiger partial charge is 0.227 e. The number of aliphatic hydroxyl groups excluding tert-OH is 1. The van der Waals surface area contributed by atoms with Crippen LogP contribution in [0.5, 0.6) is 0 Å². The lowest BCUT2D eigenvalue weighted by Gasteiger charge is -2.15. The number of benzene rings is 1. The van der Waals surface area contributed by atoms with E-state index in [4.69, 9.17) is 4.74 Å². The van der Waals surface area contributed by atoms with Crippen LogP contribution in [0.1, 0.15) is 16.5 Å². The highest BCUT2D eigenvalue weighted by atomic mass is 32.1. The van der Waals surface area contributed by atoms with Crippen LogP contribution in [0, 0.1) is 0 Å². The molecule has 0 fully saturated rings. The Bertz CT molecular complexity index is 536. The molecule has 4 heteroatoms. The summed E-state index contributed by atoms with van der Waals surface area (Å²) >= 11 is 1.59. The Hall–Kier alpha value is -1.65. The van der Waals surface area contributed by atoms with Crippen molar-refractivity contribution in [2.24, 2.45) is 4.99 Å². The van der Waals surface area contributed by atoms with Gasteiger partial charge < -0.3 is 9.84 Å². The fourth-order valence-corrected chi connectivity index (χ4v) is 2.70. The standard InChI is InChI=1S/C14H13NO2S/c16-9-11-13(10-5-2-1-3-6-10)17-14(15-11)12-7-4-8-18-12/h1-8,11,13,16H,9H2/t11-,13?/m1/s1. The summed E-state index contributed by atoms with van der Waals surface area (Å²) < 4.78 is 5.90. The third-order valence-corrected chi connectivity index (χ3v) is 3.78. The second-order valence-electron chi connectivity index (χ2n) is 4.11. The fraction of sp³-hybridized carbons (Fsp3) is 0.214. The summed E-state index contributed by atoms with van der Waals surface area (Å²) in [7, 11) is 0. The van der Waals surface area contributed by atoms with E-state index in [9.17, 15) is 5.11 Å². The normalized spacial score (nSPS) is 22.6. The predicted octanol–water partition coefficient (Wildman–Crippen LogP) is 2.63. The maximum Gasteiger partial charge on any atom is 0.227 e. The summed E-state index contributed by atoms with van der Waals surface area (Å²) in [5, 5.41) is 11.4. The Labute approximate surface area is 109 Å². The summed E-state index contributed by atoms with van der Waals surface area (Å²) in [6, 6.07) is 13.6. The second kappa shape index (κ2) is 4.92. The first-order valence-corrected chi connectivity index (χ1v) is 6.70. The minimum Gasteiger partial charge on any atom is -0.466 e. The summed E-state index contributed by atoms with van der Waals surface area (Å²) in [6.45, 7) is -0.00552. The zero-order chi connectivity index (χ0) is 12.4. The highest BCUT2D eigenvalue weighted by Crippen LogP contribution is 2.31. The van der Waals surface area contributed by atoms with E-state index in [1.165, 1.54) is 0 Å². The molecule has 18 heavy (non-hydrogen) atoms. The molecule has 1 aromatic heterocycles. The molecule has 0 spiro atoms. The summed E-state index contributed by atoms with van der Waals surface area (Å²) in [5.74, 6) is 0.637. The maximum atomic E-state index is 9.43. The Balaban J connectivity index is 1.88. The first kappa shape index (κ1) is 11.4. The molecule has 1 unspecified atom stereocenters. The lowest BCUT2D eigenvalue weighted by molar-refractivity contribution is 0.152. The largest absolute Gasteiger partial charge is 0.466 e. The number of nitrogens with zero attached hydrogens (tertiary/aromatic N) is 1. The van der Waals surface area contributed by atoms with Crippen molar-refractivity contribution in [3.63, 3.8) is 0 Å². The van der Waals surface area contributed by atoms with Gasteiger partial charge in [0.1, 0.15) is 6.04 Å². The second-order valence-corrected chi connectivity index (χ2v) is 5.06. The number of thiophene rings is 1. The van der Waals surface area contributed by atoms with E-state index in [0.717, 1.165) is 10.4 Å². The van der Waals surface area contributed by atoms with Crippen LogP contribution in [0.3, 0.4) is 0 Å². The Morgan fingerprint density at radius 1 is 1.17 bits per heavy atom. The Kier molecular flexibility index (Phi) is 3.13. The van der Waals surface area contributed by atoms with Crippen molar-refractivity contribution in [3.8, 4) is 0 Å². The van der Waals surface area contributed by atoms with Gasteiger partial charge in [0.2, 0.25) is 5.90 Å². The Morgan fingerprint density at radius 3 is 2.67 bits per heavy atom. The number of aliphatic imine (C=N–C) groups is 1. The number of aliphatic hydroxyl groups is 1. The average Bonchev–Trinajstić information content (AvgIpc) is 3.08. The van der Waals surface area contributed by atoms with Crippen molar-refractivity contribution in [3.05, 3.63) is 58.3 Å². The molecule has 0 saturated heterocycles. The van der Waals surface area contributed by atoms with E-state index in [-0.39, 0.29) is 18.8 Å². The van der Waals surface area contributed by atoms with Crippen LogP contribution in [-0.2, 0) is 4.74 Å². The van der Waals surface area contributed by atoms with Gasteiger partial charge in [0.15, 0.2) is 6.10 Å². The number of hydrogen-bond donors (Lipinski definition) is 1. The summed E-state index contributed by atoms with van der Waals surface area (Å²) in [4.78, 5) is 5.47. The molecule has 2 aromatic rings. The van der Waals surface area contributed by atoms with Gasteiger partial charge >= 0.3 is 0 Å². The van der Waals surface area contributed by atoms with E-state index in [1.807, 2.05) is 47.8 Å². The van der Waals surface area contributed by atoms with Crippen molar-refractivity contribution in [2.45, 2.75) is 12.1 Å². The van der Waals surface area contributed by atoms with Gasteiger partial charge in [0, 0.05) is 0 Å². The van der Waals surface area contributed by atoms with E-state index in [0.29, 0.717) is 5.90 Å². The van der Waals surface area contributed by atoms with Crippen LogP contribution in [-0.4, -0.2) is 23.7 Å². The van der Waals surface area contributed by atoms with Crippen molar-refractivity contribution < 1.29 is 9.84 Å². The molecule has 0 radical (unpaired) electrons. The number of ether oxygens (including phenoxy) is 1. The molecule has 92 valence electrons. The monoisotopic (exact) mass is 259 g/mol. The summed E-state index contributed by atoms with van der Waals surface area (Å²) in [5.41, 5.74) is 1.05. The fourth-order valence-electron chi connectivity index (χ4n) is 2.04.